The van der Waals surface area contributed by atoms with Crippen LogP contribution in [-0.2, 0) is 17.1 Å². The summed E-state index contributed by atoms with van der Waals surface area (Å²) in [6.45, 7) is 8.42. The van der Waals surface area contributed by atoms with Crippen molar-refractivity contribution in [1.82, 2.24) is 10.2 Å². The molecule has 1 aliphatic rings. The highest BCUT2D eigenvalue weighted by Crippen LogP contribution is 2.21. The third kappa shape index (κ3) is 7.37. The molecule has 162 valence electrons. The Morgan fingerprint density at radius 1 is 1.13 bits per heavy atom. The summed E-state index contributed by atoms with van der Waals surface area (Å²) in [5, 5.41) is 3.14. The van der Waals surface area contributed by atoms with E-state index in [4.69, 9.17) is 4.74 Å². The van der Waals surface area contributed by atoms with Gasteiger partial charge < -0.3 is 10.1 Å². The predicted molar refractivity (Wildman–Crippen MR) is 126 cm³/mol. The summed E-state index contributed by atoms with van der Waals surface area (Å²) in [6.07, 6.45) is 1.88. The third-order valence-electron chi connectivity index (χ3n) is 5.51. The van der Waals surface area contributed by atoms with Crippen LogP contribution in [0.15, 0.2) is 48.5 Å². The molecule has 2 aromatic rings. The van der Waals surface area contributed by atoms with Gasteiger partial charge in [0.15, 0.2) is 0 Å². The largest absolute Gasteiger partial charge is 0.494 e. The van der Waals surface area contributed by atoms with Crippen LogP contribution in [-0.4, -0.2) is 42.8 Å². The molecule has 1 aliphatic heterocycles. The maximum atomic E-state index is 12.5. The second-order valence-corrected chi connectivity index (χ2v) is 9.07. The number of carbonyl (C=O) groups excluding carboxylic acids is 1. The first-order valence-electron chi connectivity index (χ1n) is 11.0. The van der Waals surface area contributed by atoms with E-state index in [2.05, 4.69) is 59.6 Å². The summed E-state index contributed by atoms with van der Waals surface area (Å²) in [5.74, 6) is 3.26. The van der Waals surface area contributed by atoms with Crippen LogP contribution < -0.4 is 10.1 Å². The topological polar surface area (TPSA) is 41.6 Å². The number of rotatable bonds is 10. The van der Waals surface area contributed by atoms with E-state index in [0.717, 1.165) is 56.3 Å². The van der Waals surface area contributed by atoms with E-state index >= 15 is 0 Å². The lowest BCUT2D eigenvalue weighted by Crippen LogP contribution is -2.40. The first kappa shape index (κ1) is 22.7. The molecule has 0 radical (unpaired) electrons. The molecule has 0 atom stereocenters. The number of benzene rings is 2. The SMILES string of the molecule is CCOc1cccc(CN2CCC(C(=O)NCCSCc3ccc(C)cc3)CC2)c1. The molecule has 2 aromatic carbocycles. The number of amides is 1. The Bertz CT molecular complexity index is 786. The average molecular weight is 427 g/mol. The minimum Gasteiger partial charge on any atom is -0.494 e. The van der Waals surface area contributed by atoms with Crippen LogP contribution in [0.4, 0.5) is 0 Å². The summed E-state index contributed by atoms with van der Waals surface area (Å²) in [6, 6.07) is 17.0. The van der Waals surface area contributed by atoms with Gasteiger partial charge in [-0.15, -0.1) is 0 Å². The second-order valence-electron chi connectivity index (χ2n) is 7.96. The maximum absolute atomic E-state index is 12.5. The molecule has 0 aromatic heterocycles. The molecule has 1 saturated heterocycles. The molecule has 1 fully saturated rings. The van der Waals surface area contributed by atoms with E-state index in [1.807, 2.05) is 24.8 Å². The van der Waals surface area contributed by atoms with Crippen molar-refractivity contribution in [2.24, 2.45) is 5.92 Å². The Hall–Kier alpha value is -1.98. The Morgan fingerprint density at radius 3 is 2.63 bits per heavy atom. The zero-order valence-corrected chi connectivity index (χ0v) is 19.0. The summed E-state index contributed by atoms with van der Waals surface area (Å²) in [4.78, 5) is 14.9. The van der Waals surface area contributed by atoms with Crippen molar-refractivity contribution in [2.75, 3.05) is 32.0 Å². The smallest absolute Gasteiger partial charge is 0.223 e. The van der Waals surface area contributed by atoms with Gasteiger partial charge in [0, 0.05) is 30.5 Å². The van der Waals surface area contributed by atoms with Crippen molar-refractivity contribution >= 4 is 17.7 Å². The van der Waals surface area contributed by atoms with E-state index in [-0.39, 0.29) is 11.8 Å². The number of ether oxygens (including phenoxy) is 1. The maximum Gasteiger partial charge on any atom is 0.223 e. The fraction of sp³-hybridized carbons (Fsp3) is 0.480. The van der Waals surface area contributed by atoms with Gasteiger partial charge in [0.2, 0.25) is 5.91 Å². The number of hydrogen-bond donors (Lipinski definition) is 1. The summed E-state index contributed by atoms with van der Waals surface area (Å²) in [5.41, 5.74) is 3.91. The third-order valence-corrected chi connectivity index (χ3v) is 6.54. The van der Waals surface area contributed by atoms with Crippen LogP contribution in [0.2, 0.25) is 0 Å². The lowest BCUT2D eigenvalue weighted by atomic mass is 9.95. The molecule has 5 heteroatoms. The summed E-state index contributed by atoms with van der Waals surface area (Å²) < 4.78 is 5.60. The van der Waals surface area contributed by atoms with Crippen LogP contribution >= 0.6 is 11.8 Å². The first-order valence-corrected chi connectivity index (χ1v) is 12.1. The number of nitrogens with one attached hydrogen (secondary N) is 1. The normalized spacial score (nSPS) is 15.1. The Kier molecular flexibility index (Phi) is 9.09. The molecule has 1 heterocycles. The lowest BCUT2D eigenvalue weighted by Gasteiger charge is -2.31. The zero-order valence-electron chi connectivity index (χ0n) is 18.2. The van der Waals surface area contributed by atoms with Gasteiger partial charge >= 0.3 is 0 Å². The van der Waals surface area contributed by atoms with Crippen LogP contribution in [0.1, 0.15) is 36.5 Å². The number of carbonyl (C=O) groups is 1. The molecule has 0 aliphatic carbocycles. The number of nitrogens with zero attached hydrogens (tertiary/aromatic N) is 1. The zero-order chi connectivity index (χ0) is 21.2. The minimum absolute atomic E-state index is 0.151. The van der Waals surface area contributed by atoms with Gasteiger partial charge in [-0.2, -0.15) is 11.8 Å². The van der Waals surface area contributed by atoms with Gasteiger partial charge in [-0.25, -0.2) is 0 Å². The molecule has 0 spiro atoms. The van der Waals surface area contributed by atoms with E-state index in [9.17, 15) is 4.79 Å². The molecule has 0 bridgehead atoms. The monoisotopic (exact) mass is 426 g/mol. The highest BCUT2D eigenvalue weighted by atomic mass is 32.2. The molecule has 1 N–H and O–H groups in total. The number of hydrogen-bond acceptors (Lipinski definition) is 4. The molecular formula is C25H34N2O2S. The van der Waals surface area contributed by atoms with E-state index < -0.39 is 0 Å². The molecule has 30 heavy (non-hydrogen) atoms. The molecule has 0 saturated carbocycles. The van der Waals surface area contributed by atoms with Crippen molar-refractivity contribution in [3.63, 3.8) is 0 Å². The second kappa shape index (κ2) is 12.0. The fourth-order valence-electron chi connectivity index (χ4n) is 3.78. The summed E-state index contributed by atoms with van der Waals surface area (Å²) in [7, 11) is 0. The Balaban J connectivity index is 1.31. The van der Waals surface area contributed by atoms with Crippen LogP contribution in [0.5, 0.6) is 5.75 Å². The highest BCUT2D eigenvalue weighted by molar-refractivity contribution is 7.98. The van der Waals surface area contributed by atoms with E-state index in [1.165, 1.54) is 16.7 Å². The van der Waals surface area contributed by atoms with Crippen molar-refractivity contribution < 1.29 is 9.53 Å². The predicted octanol–water partition coefficient (Wildman–Crippen LogP) is 4.66. The van der Waals surface area contributed by atoms with Gasteiger partial charge in [-0.05, 0) is 63.0 Å². The fourth-order valence-corrected chi connectivity index (χ4v) is 4.60. The van der Waals surface area contributed by atoms with E-state index in [0.29, 0.717) is 6.61 Å². The molecule has 4 nitrogen and oxygen atoms in total. The van der Waals surface area contributed by atoms with Crippen molar-refractivity contribution in [3.8, 4) is 5.75 Å². The van der Waals surface area contributed by atoms with Crippen molar-refractivity contribution in [1.29, 1.82) is 0 Å². The number of aryl methyl sites for hydroxylation is 1. The molecule has 0 unspecified atom stereocenters. The molecule has 3 rings (SSSR count). The van der Waals surface area contributed by atoms with Crippen LogP contribution in [0.25, 0.3) is 0 Å². The molecular weight excluding hydrogens is 392 g/mol. The number of thioether (sulfide) groups is 1. The quantitative estimate of drug-likeness (QED) is 0.561. The van der Waals surface area contributed by atoms with Crippen molar-refractivity contribution in [2.45, 2.75) is 39.0 Å². The van der Waals surface area contributed by atoms with Crippen molar-refractivity contribution in [3.05, 3.63) is 65.2 Å². The average Bonchev–Trinajstić information content (AvgIpc) is 2.76. The summed E-state index contributed by atoms with van der Waals surface area (Å²) >= 11 is 1.87. The highest BCUT2D eigenvalue weighted by Gasteiger charge is 2.24. The van der Waals surface area contributed by atoms with E-state index in [1.54, 1.807) is 0 Å². The van der Waals surface area contributed by atoms with Gasteiger partial charge in [0.05, 0.1) is 6.61 Å². The van der Waals surface area contributed by atoms with Gasteiger partial charge in [0.25, 0.3) is 0 Å². The van der Waals surface area contributed by atoms with Gasteiger partial charge in [-0.1, -0.05) is 42.0 Å². The Labute approximate surface area is 185 Å². The number of likely N-dealkylation sites (tertiary alicyclic amines) is 1. The number of piperidine rings is 1. The molecule has 1 amide bonds. The minimum atomic E-state index is 0.151. The van der Waals surface area contributed by atoms with Crippen LogP contribution in [0.3, 0.4) is 0 Å². The van der Waals surface area contributed by atoms with Gasteiger partial charge in [-0.3, -0.25) is 9.69 Å². The van der Waals surface area contributed by atoms with Gasteiger partial charge in [0.1, 0.15) is 5.75 Å². The Morgan fingerprint density at radius 2 is 1.90 bits per heavy atom. The van der Waals surface area contributed by atoms with Crippen LogP contribution in [0, 0.1) is 12.8 Å². The first-order chi connectivity index (χ1) is 14.6. The standard InChI is InChI=1S/C25H34N2O2S/c1-3-29-24-6-4-5-22(17-24)18-27-14-11-23(12-15-27)25(28)26-13-16-30-19-21-9-7-20(2)8-10-21/h4-10,17,23H,3,11-16,18-19H2,1-2H3,(H,26,28). The lowest BCUT2D eigenvalue weighted by molar-refractivity contribution is -0.126.